The number of anilines is 1. The molecule has 0 heterocycles. The van der Waals surface area contributed by atoms with Gasteiger partial charge in [-0.05, 0) is 19.1 Å². The lowest BCUT2D eigenvalue weighted by atomic mass is 10.3. The van der Waals surface area contributed by atoms with Crippen LogP contribution >= 0.6 is 0 Å². The summed E-state index contributed by atoms with van der Waals surface area (Å²) < 4.78 is 21.3. The Hall–Kier alpha value is -1.30. The van der Waals surface area contributed by atoms with Crippen molar-refractivity contribution in [3.05, 3.63) is 24.3 Å². The van der Waals surface area contributed by atoms with Crippen molar-refractivity contribution in [2.75, 3.05) is 52.0 Å². The Morgan fingerprint density at radius 1 is 0.842 bits per heavy atom. The highest BCUT2D eigenvalue weighted by Gasteiger charge is 1.97. The topological polar surface area (TPSA) is 62.9 Å². The highest BCUT2D eigenvalue weighted by atomic mass is 16.6. The van der Waals surface area contributed by atoms with Gasteiger partial charge in [-0.1, -0.05) is 12.1 Å². The average molecular weight is 269 g/mol. The number of ether oxygens (including phenoxy) is 4. The molecule has 0 aliphatic carbocycles. The van der Waals surface area contributed by atoms with Crippen LogP contribution in [0.15, 0.2) is 24.3 Å². The van der Waals surface area contributed by atoms with Gasteiger partial charge in [0.05, 0.1) is 38.7 Å². The number of benzene rings is 1. The van der Waals surface area contributed by atoms with Crippen molar-refractivity contribution in [1.82, 2.24) is 0 Å². The van der Waals surface area contributed by atoms with Crippen molar-refractivity contribution in [1.29, 1.82) is 0 Å². The molecule has 0 fully saturated rings. The van der Waals surface area contributed by atoms with Crippen LogP contribution in [0.25, 0.3) is 0 Å². The number of hydrogen-bond donors (Lipinski definition) is 1. The van der Waals surface area contributed by atoms with Crippen LogP contribution in [0.1, 0.15) is 6.92 Å². The molecular weight excluding hydrogens is 246 g/mol. The third kappa shape index (κ3) is 7.66. The number of nitrogen functional groups attached to an aromatic ring is 1. The van der Waals surface area contributed by atoms with Crippen LogP contribution in [0.3, 0.4) is 0 Å². The quantitative estimate of drug-likeness (QED) is 0.489. The molecule has 2 N–H and O–H groups in total. The fraction of sp³-hybridized carbons (Fsp3) is 0.571. The monoisotopic (exact) mass is 269 g/mol. The van der Waals surface area contributed by atoms with Crippen LogP contribution in [-0.2, 0) is 14.2 Å². The molecule has 0 spiro atoms. The van der Waals surface area contributed by atoms with Gasteiger partial charge in [-0.15, -0.1) is 0 Å². The third-order valence-electron chi connectivity index (χ3n) is 2.35. The van der Waals surface area contributed by atoms with Gasteiger partial charge >= 0.3 is 0 Å². The first kappa shape index (κ1) is 15.8. The molecule has 0 amide bonds. The van der Waals surface area contributed by atoms with E-state index in [1.54, 1.807) is 0 Å². The van der Waals surface area contributed by atoms with Gasteiger partial charge in [-0.2, -0.15) is 0 Å². The second-order valence-electron chi connectivity index (χ2n) is 3.81. The molecular formula is C14H23NO4. The smallest absolute Gasteiger partial charge is 0.142 e. The normalized spacial score (nSPS) is 10.6. The molecule has 5 heteroatoms. The molecule has 0 unspecified atom stereocenters. The standard InChI is InChI=1S/C14H23NO4/c1-2-16-7-8-17-9-10-18-11-12-19-14-6-4-3-5-13(14)15/h3-6H,2,7-12,15H2,1H3. The van der Waals surface area contributed by atoms with Gasteiger partial charge in [0.2, 0.25) is 0 Å². The van der Waals surface area contributed by atoms with E-state index < -0.39 is 0 Å². The summed E-state index contributed by atoms with van der Waals surface area (Å²) in [5, 5.41) is 0. The molecule has 0 saturated carbocycles. The lowest BCUT2D eigenvalue weighted by Crippen LogP contribution is -2.13. The summed E-state index contributed by atoms with van der Waals surface area (Å²) in [6, 6.07) is 7.41. The van der Waals surface area contributed by atoms with Crippen molar-refractivity contribution in [2.24, 2.45) is 0 Å². The van der Waals surface area contributed by atoms with Crippen LogP contribution in [0.5, 0.6) is 5.75 Å². The van der Waals surface area contributed by atoms with Gasteiger partial charge in [0, 0.05) is 6.61 Å². The minimum Gasteiger partial charge on any atom is -0.489 e. The molecule has 5 nitrogen and oxygen atoms in total. The Kier molecular flexibility index (Phi) is 8.80. The highest BCUT2D eigenvalue weighted by Crippen LogP contribution is 2.19. The molecule has 19 heavy (non-hydrogen) atoms. The van der Waals surface area contributed by atoms with Crippen molar-refractivity contribution < 1.29 is 18.9 Å². The van der Waals surface area contributed by atoms with E-state index in [0.29, 0.717) is 51.1 Å². The van der Waals surface area contributed by atoms with Crippen molar-refractivity contribution >= 4 is 5.69 Å². The number of para-hydroxylation sites is 2. The van der Waals surface area contributed by atoms with Crippen LogP contribution in [0.2, 0.25) is 0 Å². The molecule has 0 atom stereocenters. The Morgan fingerprint density at radius 2 is 1.42 bits per heavy atom. The zero-order valence-electron chi connectivity index (χ0n) is 11.5. The molecule has 1 aromatic carbocycles. The van der Waals surface area contributed by atoms with Gasteiger partial charge < -0.3 is 24.7 Å². The Morgan fingerprint density at radius 3 is 2.05 bits per heavy atom. The lowest BCUT2D eigenvalue weighted by Gasteiger charge is -2.09. The fourth-order valence-electron chi connectivity index (χ4n) is 1.41. The van der Waals surface area contributed by atoms with Crippen molar-refractivity contribution in [3.8, 4) is 5.75 Å². The molecule has 1 rings (SSSR count). The SMILES string of the molecule is CCOCCOCCOCCOc1ccccc1N. The molecule has 0 saturated heterocycles. The van der Waals surface area contributed by atoms with Gasteiger partial charge in [0.1, 0.15) is 12.4 Å². The van der Waals surface area contributed by atoms with Gasteiger partial charge in [0.15, 0.2) is 0 Å². The molecule has 0 bridgehead atoms. The molecule has 108 valence electrons. The molecule has 0 radical (unpaired) electrons. The summed E-state index contributed by atoms with van der Waals surface area (Å²) in [6.45, 7) is 6.04. The first-order chi connectivity index (χ1) is 9.34. The van der Waals surface area contributed by atoms with E-state index in [4.69, 9.17) is 24.7 Å². The maximum Gasteiger partial charge on any atom is 0.142 e. The Bertz CT molecular complexity index is 333. The van der Waals surface area contributed by atoms with Crippen LogP contribution in [0.4, 0.5) is 5.69 Å². The molecule has 0 aromatic heterocycles. The molecule has 0 aliphatic heterocycles. The first-order valence-corrected chi connectivity index (χ1v) is 6.55. The van der Waals surface area contributed by atoms with E-state index in [0.717, 1.165) is 6.61 Å². The summed E-state index contributed by atoms with van der Waals surface area (Å²) in [6.07, 6.45) is 0. The maximum absolute atomic E-state index is 5.74. The van der Waals surface area contributed by atoms with Crippen molar-refractivity contribution in [3.63, 3.8) is 0 Å². The summed E-state index contributed by atoms with van der Waals surface area (Å²) >= 11 is 0. The Labute approximate surface area is 114 Å². The van der Waals surface area contributed by atoms with Gasteiger partial charge in [0.25, 0.3) is 0 Å². The summed E-state index contributed by atoms with van der Waals surface area (Å²) in [5.74, 6) is 0.694. The van der Waals surface area contributed by atoms with Crippen molar-refractivity contribution in [2.45, 2.75) is 6.92 Å². The van der Waals surface area contributed by atoms with E-state index >= 15 is 0 Å². The number of nitrogens with two attached hydrogens (primary N) is 1. The molecule has 0 aliphatic rings. The zero-order chi connectivity index (χ0) is 13.8. The van der Waals surface area contributed by atoms with E-state index in [2.05, 4.69) is 0 Å². The second kappa shape index (κ2) is 10.6. The van der Waals surface area contributed by atoms with E-state index in [-0.39, 0.29) is 0 Å². The summed E-state index contributed by atoms with van der Waals surface area (Å²) in [4.78, 5) is 0. The minimum atomic E-state index is 0.479. The largest absolute Gasteiger partial charge is 0.489 e. The van der Waals surface area contributed by atoms with E-state index in [9.17, 15) is 0 Å². The van der Waals surface area contributed by atoms with Crippen LogP contribution in [-0.4, -0.2) is 46.2 Å². The zero-order valence-corrected chi connectivity index (χ0v) is 11.5. The summed E-state index contributed by atoms with van der Waals surface area (Å²) in [5.41, 5.74) is 6.38. The van der Waals surface area contributed by atoms with E-state index in [1.165, 1.54) is 0 Å². The maximum atomic E-state index is 5.74. The van der Waals surface area contributed by atoms with Gasteiger partial charge in [-0.25, -0.2) is 0 Å². The predicted octanol–water partition coefficient (Wildman–Crippen LogP) is 1.72. The third-order valence-corrected chi connectivity index (χ3v) is 2.35. The highest BCUT2D eigenvalue weighted by molar-refractivity contribution is 5.51. The lowest BCUT2D eigenvalue weighted by molar-refractivity contribution is 0.0114. The molecule has 1 aromatic rings. The van der Waals surface area contributed by atoms with Crippen LogP contribution in [0, 0.1) is 0 Å². The average Bonchev–Trinajstić information content (AvgIpc) is 2.43. The summed E-state index contributed by atoms with van der Waals surface area (Å²) in [7, 11) is 0. The number of rotatable bonds is 11. The number of hydrogen-bond acceptors (Lipinski definition) is 5. The minimum absolute atomic E-state index is 0.479. The fourth-order valence-corrected chi connectivity index (χ4v) is 1.41. The second-order valence-corrected chi connectivity index (χ2v) is 3.81. The van der Waals surface area contributed by atoms with E-state index in [1.807, 2.05) is 31.2 Å². The predicted molar refractivity (Wildman–Crippen MR) is 74.5 cm³/mol. The Balaban J connectivity index is 1.90. The van der Waals surface area contributed by atoms with Crippen LogP contribution < -0.4 is 10.5 Å². The first-order valence-electron chi connectivity index (χ1n) is 6.55. The van der Waals surface area contributed by atoms with Gasteiger partial charge in [-0.3, -0.25) is 0 Å².